The third-order valence-electron chi connectivity index (χ3n) is 5.11. The van der Waals surface area contributed by atoms with Gasteiger partial charge in [0.15, 0.2) is 0 Å². The minimum Gasteiger partial charge on any atom is -0.0654 e. The second-order valence-electron chi connectivity index (χ2n) is 6.76. The molecule has 1 aliphatic rings. The van der Waals surface area contributed by atoms with Crippen LogP contribution in [0.1, 0.15) is 76.7 Å². The molecule has 0 saturated heterocycles. The number of benzene rings is 1. The molecule has 1 aliphatic carbocycles. The molecular weight excluding hydrogens is 240 g/mol. The van der Waals surface area contributed by atoms with Gasteiger partial charge in [0, 0.05) is 0 Å². The van der Waals surface area contributed by atoms with Crippen LogP contribution in [0, 0.1) is 11.8 Å². The predicted molar refractivity (Wildman–Crippen MR) is 89.0 cm³/mol. The third-order valence-corrected chi connectivity index (χ3v) is 5.11. The molecule has 0 N–H and O–H groups in total. The number of hydrogen-bond donors (Lipinski definition) is 0. The van der Waals surface area contributed by atoms with Gasteiger partial charge in [-0.15, -0.1) is 0 Å². The van der Waals surface area contributed by atoms with Crippen molar-refractivity contribution >= 4 is 0 Å². The van der Waals surface area contributed by atoms with Crippen molar-refractivity contribution in [2.75, 3.05) is 0 Å². The molecule has 2 atom stereocenters. The standard InChI is InChI=1S/C20H32/c1-2-3-5-9-19-12-8-13-20(17-15-19)16-14-18-10-6-4-7-11-18/h4,6-7,10-11,19-20H,2-3,5,8-9,12-17H2,1H3. The molecule has 0 amide bonds. The molecule has 1 saturated carbocycles. The number of aryl methyl sites for hydroxylation is 1. The Morgan fingerprint density at radius 2 is 1.55 bits per heavy atom. The van der Waals surface area contributed by atoms with Crippen molar-refractivity contribution in [3.8, 4) is 0 Å². The fraction of sp³-hybridized carbons (Fsp3) is 0.700. The lowest BCUT2D eigenvalue weighted by Crippen LogP contribution is -2.02. The molecule has 0 nitrogen and oxygen atoms in total. The van der Waals surface area contributed by atoms with E-state index in [-0.39, 0.29) is 0 Å². The van der Waals surface area contributed by atoms with Crippen LogP contribution in [0.5, 0.6) is 0 Å². The molecule has 0 heteroatoms. The van der Waals surface area contributed by atoms with Gasteiger partial charge in [-0.2, -0.15) is 0 Å². The van der Waals surface area contributed by atoms with E-state index in [1.165, 1.54) is 76.2 Å². The molecule has 2 unspecified atom stereocenters. The van der Waals surface area contributed by atoms with Crippen LogP contribution >= 0.6 is 0 Å². The molecule has 2 rings (SSSR count). The topological polar surface area (TPSA) is 0 Å². The van der Waals surface area contributed by atoms with Crippen molar-refractivity contribution in [3.05, 3.63) is 35.9 Å². The minimum absolute atomic E-state index is 0.992. The zero-order chi connectivity index (χ0) is 14.0. The molecule has 112 valence electrons. The van der Waals surface area contributed by atoms with E-state index in [2.05, 4.69) is 37.3 Å². The van der Waals surface area contributed by atoms with E-state index < -0.39 is 0 Å². The molecule has 1 fully saturated rings. The molecule has 0 spiro atoms. The molecule has 1 aromatic carbocycles. The summed E-state index contributed by atoms with van der Waals surface area (Å²) in [5.41, 5.74) is 1.52. The van der Waals surface area contributed by atoms with Gasteiger partial charge in [-0.1, -0.05) is 95.0 Å². The van der Waals surface area contributed by atoms with Crippen LogP contribution in [0.15, 0.2) is 30.3 Å². The van der Waals surface area contributed by atoms with Crippen molar-refractivity contribution in [2.24, 2.45) is 11.8 Å². The summed E-state index contributed by atoms with van der Waals surface area (Å²) in [7, 11) is 0. The Labute approximate surface area is 126 Å². The lowest BCUT2D eigenvalue weighted by Gasteiger charge is -2.15. The molecule has 0 heterocycles. The summed E-state index contributed by atoms with van der Waals surface area (Å²) in [4.78, 5) is 0. The lowest BCUT2D eigenvalue weighted by molar-refractivity contribution is 0.387. The highest BCUT2D eigenvalue weighted by molar-refractivity contribution is 5.14. The Morgan fingerprint density at radius 1 is 0.850 bits per heavy atom. The second kappa shape index (κ2) is 9.21. The Kier molecular flexibility index (Phi) is 7.19. The fourth-order valence-electron chi connectivity index (χ4n) is 3.73. The van der Waals surface area contributed by atoms with Gasteiger partial charge in [-0.05, 0) is 30.2 Å². The first kappa shape index (κ1) is 15.6. The van der Waals surface area contributed by atoms with Crippen LogP contribution in [0.3, 0.4) is 0 Å². The summed E-state index contributed by atoms with van der Waals surface area (Å²) >= 11 is 0. The predicted octanol–water partition coefficient (Wildman–Crippen LogP) is 6.40. The Morgan fingerprint density at radius 3 is 2.25 bits per heavy atom. The Balaban J connectivity index is 1.67. The highest BCUT2D eigenvalue weighted by Crippen LogP contribution is 2.32. The highest BCUT2D eigenvalue weighted by atomic mass is 14.2. The summed E-state index contributed by atoms with van der Waals surface area (Å²) in [6.07, 6.45) is 15.9. The molecular formula is C20H32. The van der Waals surface area contributed by atoms with E-state index in [0.717, 1.165) is 11.8 Å². The van der Waals surface area contributed by atoms with E-state index >= 15 is 0 Å². The van der Waals surface area contributed by atoms with Gasteiger partial charge >= 0.3 is 0 Å². The number of rotatable bonds is 7. The first-order valence-electron chi connectivity index (χ1n) is 8.92. The minimum atomic E-state index is 0.992. The maximum Gasteiger partial charge on any atom is -0.0276 e. The lowest BCUT2D eigenvalue weighted by atomic mass is 9.91. The molecule has 0 bridgehead atoms. The van der Waals surface area contributed by atoms with E-state index in [0.29, 0.717) is 0 Å². The quantitative estimate of drug-likeness (QED) is 0.398. The van der Waals surface area contributed by atoms with Gasteiger partial charge in [0.1, 0.15) is 0 Å². The average Bonchev–Trinajstić information content (AvgIpc) is 2.72. The molecule has 20 heavy (non-hydrogen) atoms. The van der Waals surface area contributed by atoms with Crippen LogP contribution in [-0.2, 0) is 6.42 Å². The summed E-state index contributed by atoms with van der Waals surface area (Å²) in [6.45, 7) is 2.31. The monoisotopic (exact) mass is 272 g/mol. The van der Waals surface area contributed by atoms with Gasteiger partial charge < -0.3 is 0 Å². The van der Waals surface area contributed by atoms with E-state index in [9.17, 15) is 0 Å². The highest BCUT2D eigenvalue weighted by Gasteiger charge is 2.18. The first-order valence-corrected chi connectivity index (χ1v) is 8.92. The van der Waals surface area contributed by atoms with Gasteiger partial charge in [0.2, 0.25) is 0 Å². The van der Waals surface area contributed by atoms with Gasteiger partial charge in [-0.25, -0.2) is 0 Å². The van der Waals surface area contributed by atoms with Crippen LogP contribution in [-0.4, -0.2) is 0 Å². The van der Waals surface area contributed by atoms with Crippen LogP contribution in [0.4, 0.5) is 0 Å². The van der Waals surface area contributed by atoms with Crippen LogP contribution < -0.4 is 0 Å². The summed E-state index contributed by atoms with van der Waals surface area (Å²) in [5, 5.41) is 0. The van der Waals surface area contributed by atoms with Crippen molar-refractivity contribution in [1.29, 1.82) is 0 Å². The maximum atomic E-state index is 2.31. The van der Waals surface area contributed by atoms with E-state index in [1.54, 1.807) is 0 Å². The second-order valence-corrected chi connectivity index (χ2v) is 6.76. The fourth-order valence-corrected chi connectivity index (χ4v) is 3.73. The van der Waals surface area contributed by atoms with Crippen molar-refractivity contribution < 1.29 is 0 Å². The zero-order valence-corrected chi connectivity index (χ0v) is 13.3. The summed E-state index contributed by atoms with van der Waals surface area (Å²) in [6, 6.07) is 11.0. The third kappa shape index (κ3) is 5.69. The normalized spacial score (nSPS) is 23.4. The number of hydrogen-bond acceptors (Lipinski definition) is 0. The largest absolute Gasteiger partial charge is 0.0654 e. The summed E-state index contributed by atoms with van der Waals surface area (Å²) < 4.78 is 0. The van der Waals surface area contributed by atoms with Crippen molar-refractivity contribution in [3.63, 3.8) is 0 Å². The molecule has 1 aromatic rings. The molecule has 0 radical (unpaired) electrons. The smallest absolute Gasteiger partial charge is 0.0276 e. The van der Waals surface area contributed by atoms with Crippen LogP contribution in [0.2, 0.25) is 0 Å². The van der Waals surface area contributed by atoms with E-state index in [1.807, 2.05) is 0 Å². The Bertz CT molecular complexity index is 340. The zero-order valence-electron chi connectivity index (χ0n) is 13.3. The van der Waals surface area contributed by atoms with Gasteiger partial charge in [0.25, 0.3) is 0 Å². The van der Waals surface area contributed by atoms with Gasteiger partial charge in [0.05, 0.1) is 0 Å². The number of unbranched alkanes of at least 4 members (excludes halogenated alkanes) is 2. The molecule has 0 aromatic heterocycles. The maximum absolute atomic E-state index is 2.31. The van der Waals surface area contributed by atoms with Crippen molar-refractivity contribution in [2.45, 2.75) is 77.6 Å². The average molecular weight is 272 g/mol. The SMILES string of the molecule is CCCCCC1CCCC(CCc2ccccc2)CC1. The summed E-state index contributed by atoms with van der Waals surface area (Å²) in [5.74, 6) is 2.04. The van der Waals surface area contributed by atoms with Gasteiger partial charge in [-0.3, -0.25) is 0 Å². The van der Waals surface area contributed by atoms with Crippen LogP contribution in [0.25, 0.3) is 0 Å². The first-order chi connectivity index (χ1) is 9.88. The molecule has 0 aliphatic heterocycles. The Hall–Kier alpha value is -0.780. The van der Waals surface area contributed by atoms with E-state index in [4.69, 9.17) is 0 Å². The van der Waals surface area contributed by atoms with Crippen molar-refractivity contribution in [1.82, 2.24) is 0 Å².